The Bertz CT molecular complexity index is 850. The van der Waals surface area contributed by atoms with Crippen molar-refractivity contribution in [2.75, 3.05) is 7.11 Å². The number of aromatic nitrogens is 1. The van der Waals surface area contributed by atoms with Gasteiger partial charge in [-0.3, -0.25) is 4.79 Å². The smallest absolute Gasteiger partial charge is 0.307 e. The Morgan fingerprint density at radius 1 is 1.22 bits per heavy atom. The van der Waals surface area contributed by atoms with E-state index in [2.05, 4.69) is 4.98 Å². The molecule has 5 heteroatoms. The first-order valence-electron chi connectivity index (χ1n) is 7.08. The molecule has 116 valence electrons. The van der Waals surface area contributed by atoms with E-state index in [4.69, 9.17) is 4.74 Å². The molecule has 1 N–H and O–H groups in total. The maximum Gasteiger partial charge on any atom is 0.307 e. The van der Waals surface area contributed by atoms with Crippen LogP contribution >= 0.6 is 11.3 Å². The Morgan fingerprint density at radius 3 is 2.70 bits per heavy atom. The molecule has 3 rings (SSSR count). The van der Waals surface area contributed by atoms with Gasteiger partial charge in [-0.2, -0.15) is 0 Å². The Morgan fingerprint density at radius 2 is 1.96 bits per heavy atom. The Labute approximate surface area is 137 Å². The van der Waals surface area contributed by atoms with Crippen molar-refractivity contribution in [2.24, 2.45) is 0 Å². The molecular weight excluding hydrogens is 310 g/mol. The minimum Gasteiger partial charge on any atom is -0.496 e. The van der Waals surface area contributed by atoms with Crippen molar-refractivity contribution in [2.45, 2.75) is 6.42 Å². The molecule has 0 atom stereocenters. The molecule has 23 heavy (non-hydrogen) atoms. The zero-order valence-corrected chi connectivity index (χ0v) is 13.3. The molecule has 4 nitrogen and oxygen atoms in total. The summed E-state index contributed by atoms with van der Waals surface area (Å²) in [4.78, 5) is 15.8. The number of carboxylic acids is 1. The summed E-state index contributed by atoms with van der Waals surface area (Å²) in [6, 6.07) is 15.3. The molecule has 0 saturated carbocycles. The maximum atomic E-state index is 11.2. The van der Waals surface area contributed by atoms with E-state index in [0.717, 1.165) is 20.8 Å². The van der Waals surface area contributed by atoms with Gasteiger partial charge in [0.1, 0.15) is 10.8 Å². The van der Waals surface area contributed by atoms with Crippen molar-refractivity contribution < 1.29 is 14.6 Å². The predicted molar refractivity (Wildman–Crippen MR) is 92.7 cm³/mol. The molecule has 0 spiro atoms. The summed E-state index contributed by atoms with van der Waals surface area (Å²) in [5.41, 5.74) is 2.39. The number of hydrogen-bond donors (Lipinski definition) is 1. The largest absolute Gasteiger partial charge is 0.496 e. The molecule has 0 amide bonds. The van der Waals surface area contributed by atoms with Crippen molar-refractivity contribution in [1.29, 1.82) is 0 Å². The highest BCUT2D eigenvalue weighted by Crippen LogP contribution is 2.31. The van der Waals surface area contributed by atoms with Crippen molar-refractivity contribution >= 4 is 39.2 Å². The third kappa shape index (κ3) is 3.40. The first-order valence-corrected chi connectivity index (χ1v) is 7.90. The average Bonchev–Trinajstić information content (AvgIpc) is 2.98. The van der Waals surface area contributed by atoms with Crippen LogP contribution in [0.5, 0.6) is 5.75 Å². The van der Waals surface area contributed by atoms with Crippen LogP contribution in [0.4, 0.5) is 0 Å². The van der Waals surface area contributed by atoms with Crippen LogP contribution in [0.1, 0.15) is 17.0 Å². The molecule has 3 aromatic rings. The van der Waals surface area contributed by atoms with Gasteiger partial charge in [-0.25, -0.2) is 4.98 Å². The third-order valence-electron chi connectivity index (χ3n) is 3.38. The van der Waals surface area contributed by atoms with E-state index in [1.165, 1.54) is 11.3 Å². The van der Waals surface area contributed by atoms with Gasteiger partial charge >= 0.3 is 5.97 Å². The van der Waals surface area contributed by atoms with Gasteiger partial charge in [0.05, 0.1) is 23.7 Å². The fraction of sp³-hybridized carbons (Fsp3) is 0.111. The van der Waals surface area contributed by atoms with Crippen LogP contribution in [0.2, 0.25) is 0 Å². The number of hydrogen-bond acceptors (Lipinski definition) is 4. The number of carbonyl (C=O) groups is 1. The molecule has 0 fully saturated rings. The summed E-state index contributed by atoms with van der Waals surface area (Å²) < 4.78 is 6.38. The number of fused-ring (bicyclic) bond motifs is 1. The maximum absolute atomic E-state index is 11.2. The van der Waals surface area contributed by atoms with Gasteiger partial charge in [0.25, 0.3) is 0 Å². The first-order chi connectivity index (χ1) is 11.2. The average molecular weight is 325 g/mol. The monoisotopic (exact) mass is 325 g/mol. The lowest BCUT2D eigenvalue weighted by atomic mass is 10.1. The van der Waals surface area contributed by atoms with Gasteiger partial charge in [0, 0.05) is 5.56 Å². The van der Waals surface area contributed by atoms with Crippen LogP contribution in [-0.4, -0.2) is 23.2 Å². The van der Waals surface area contributed by atoms with Crippen molar-refractivity contribution in [1.82, 2.24) is 4.98 Å². The third-order valence-corrected chi connectivity index (χ3v) is 4.49. The van der Waals surface area contributed by atoms with Crippen LogP contribution in [-0.2, 0) is 4.79 Å². The highest BCUT2D eigenvalue weighted by Gasteiger charge is 2.13. The summed E-state index contributed by atoms with van der Waals surface area (Å²) in [6.45, 7) is 0. The standard InChI is InChI=1S/C18H15NO3S/c1-22-15-8-4-2-6-12(15)10-13(11-17(20)21)18-19-14-7-3-5-9-16(14)23-18/h2-10H,11H2,1H3,(H,20,21). The van der Waals surface area contributed by atoms with Gasteiger partial charge in [0.15, 0.2) is 0 Å². The van der Waals surface area contributed by atoms with E-state index in [1.54, 1.807) is 7.11 Å². The zero-order valence-electron chi connectivity index (χ0n) is 12.5. The summed E-state index contributed by atoms with van der Waals surface area (Å²) in [7, 11) is 1.60. The van der Waals surface area contributed by atoms with E-state index >= 15 is 0 Å². The second-order valence-corrected chi connectivity index (χ2v) is 6.00. The topological polar surface area (TPSA) is 59.4 Å². The Kier molecular flexibility index (Phi) is 4.39. The van der Waals surface area contributed by atoms with Crippen LogP contribution in [0, 0.1) is 0 Å². The molecule has 0 unspecified atom stereocenters. The molecule has 0 aliphatic carbocycles. The van der Waals surface area contributed by atoms with E-state index < -0.39 is 5.97 Å². The number of methoxy groups -OCH3 is 1. The number of thiazole rings is 1. The molecule has 0 aliphatic heterocycles. The van der Waals surface area contributed by atoms with Crippen LogP contribution in [0.3, 0.4) is 0 Å². The second kappa shape index (κ2) is 6.62. The molecular formula is C18H15NO3S. The van der Waals surface area contributed by atoms with Crippen LogP contribution in [0.15, 0.2) is 48.5 Å². The SMILES string of the molecule is COc1ccccc1C=C(CC(=O)O)c1nc2ccccc2s1. The zero-order chi connectivity index (χ0) is 16.2. The van der Waals surface area contributed by atoms with E-state index in [-0.39, 0.29) is 6.42 Å². The number of ether oxygens (including phenoxy) is 1. The lowest BCUT2D eigenvalue weighted by Gasteiger charge is -2.06. The Balaban J connectivity index is 2.10. The minimum absolute atomic E-state index is 0.0854. The van der Waals surface area contributed by atoms with E-state index in [1.807, 2.05) is 54.6 Å². The molecule has 2 aromatic carbocycles. The number of nitrogens with zero attached hydrogens (tertiary/aromatic N) is 1. The van der Waals surface area contributed by atoms with Gasteiger partial charge in [0.2, 0.25) is 0 Å². The fourth-order valence-corrected chi connectivity index (χ4v) is 3.31. The number of carboxylic acid groups (broad SMARTS) is 1. The van der Waals surface area contributed by atoms with Crippen LogP contribution < -0.4 is 4.74 Å². The lowest BCUT2D eigenvalue weighted by molar-refractivity contribution is -0.135. The summed E-state index contributed by atoms with van der Waals surface area (Å²) in [6.07, 6.45) is 1.75. The molecule has 1 heterocycles. The number of benzene rings is 2. The van der Waals surface area contributed by atoms with Gasteiger partial charge in [-0.05, 0) is 29.8 Å². The summed E-state index contributed by atoms with van der Waals surface area (Å²) >= 11 is 1.50. The fourth-order valence-electron chi connectivity index (χ4n) is 2.33. The highest BCUT2D eigenvalue weighted by molar-refractivity contribution is 7.19. The number of aliphatic carboxylic acids is 1. The van der Waals surface area contributed by atoms with E-state index in [9.17, 15) is 9.90 Å². The minimum atomic E-state index is -0.884. The summed E-state index contributed by atoms with van der Waals surface area (Å²) in [5.74, 6) is -0.179. The van der Waals surface area contributed by atoms with Gasteiger partial charge < -0.3 is 9.84 Å². The number of para-hydroxylation sites is 2. The normalized spacial score (nSPS) is 11.6. The molecule has 0 aliphatic rings. The molecule has 1 aromatic heterocycles. The molecule has 0 saturated heterocycles. The summed E-state index contributed by atoms with van der Waals surface area (Å²) in [5, 5.41) is 9.95. The van der Waals surface area contributed by atoms with Gasteiger partial charge in [-0.1, -0.05) is 30.3 Å². The van der Waals surface area contributed by atoms with Crippen molar-refractivity contribution in [3.63, 3.8) is 0 Å². The van der Waals surface area contributed by atoms with Crippen molar-refractivity contribution in [3.8, 4) is 5.75 Å². The van der Waals surface area contributed by atoms with Gasteiger partial charge in [-0.15, -0.1) is 11.3 Å². The quantitative estimate of drug-likeness (QED) is 0.759. The molecule has 0 bridgehead atoms. The molecule has 0 radical (unpaired) electrons. The predicted octanol–water partition coefficient (Wildman–Crippen LogP) is 4.32. The number of rotatable bonds is 5. The Hall–Kier alpha value is -2.66. The first kappa shape index (κ1) is 15.2. The van der Waals surface area contributed by atoms with Crippen LogP contribution in [0.25, 0.3) is 21.9 Å². The van der Waals surface area contributed by atoms with E-state index in [0.29, 0.717) is 11.3 Å². The second-order valence-electron chi connectivity index (χ2n) is 4.97. The van der Waals surface area contributed by atoms with Crippen molar-refractivity contribution in [3.05, 3.63) is 59.1 Å². The highest BCUT2D eigenvalue weighted by atomic mass is 32.1. The lowest BCUT2D eigenvalue weighted by Crippen LogP contribution is -1.97.